The first-order valence-electron chi connectivity index (χ1n) is 7.50. The highest BCUT2D eigenvalue weighted by atomic mass is 16.3. The van der Waals surface area contributed by atoms with Crippen molar-refractivity contribution in [3.63, 3.8) is 0 Å². The molecular weight excluding hydrogens is 162 g/mol. The topological polar surface area (TPSA) is 23.5 Å². The Labute approximate surface area is 88.6 Å². The molecular formula is C11H15NO. The fourth-order valence-corrected chi connectivity index (χ4v) is 1.15. The summed E-state index contributed by atoms with van der Waals surface area (Å²) in [6.45, 7) is -5.93. The minimum atomic E-state index is -3.21. The molecule has 1 aromatic rings. The van der Waals surface area contributed by atoms with Crippen molar-refractivity contribution < 1.29 is 14.7 Å². The van der Waals surface area contributed by atoms with E-state index in [2.05, 4.69) is 0 Å². The molecule has 0 aliphatic carbocycles. The van der Waals surface area contributed by atoms with Crippen molar-refractivity contribution in [1.82, 2.24) is 4.90 Å². The standard InChI is InChI=1S/C11H15NO/c13-11-6-7-12(9-11)8-10-4-2-1-3-5-10/h1-5,11,13H,6-9H2/i6D2,7D2,9D2,11D. The summed E-state index contributed by atoms with van der Waals surface area (Å²) in [5.74, 6) is 0. The highest BCUT2D eigenvalue weighted by Gasteiger charge is 2.19. The molecule has 0 bridgehead atoms. The number of hydrogen-bond acceptors (Lipinski definition) is 2. The summed E-state index contributed by atoms with van der Waals surface area (Å²) in [4.78, 5) is 0.558. The van der Waals surface area contributed by atoms with Crippen LogP contribution in [-0.4, -0.2) is 29.1 Å². The maximum atomic E-state index is 9.87. The first-order valence-corrected chi connectivity index (χ1v) is 4.00. The van der Waals surface area contributed by atoms with Gasteiger partial charge >= 0.3 is 0 Å². The molecule has 0 radical (unpaired) electrons. The molecule has 1 aliphatic rings. The third-order valence-corrected chi connectivity index (χ3v) is 1.73. The van der Waals surface area contributed by atoms with Crippen molar-refractivity contribution >= 4 is 0 Å². The Morgan fingerprint density at radius 3 is 2.92 bits per heavy atom. The Morgan fingerprint density at radius 1 is 1.54 bits per heavy atom. The van der Waals surface area contributed by atoms with Gasteiger partial charge in [-0.1, -0.05) is 30.3 Å². The Bertz CT molecular complexity index is 477. The van der Waals surface area contributed by atoms with Gasteiger partial charge in [0.05, 0.1) is 7.45 Å². The molecule has 13 heavy (non-hydrogen) atoms. The van der Waals surface area contributed by atoms with Gasteiger partial charge in [-0.25, -0.2) is 0 Å². The first-order chi connectivity index (χ1) is 8.96. The van der Waals surface area contributed by atoms with Gasteiger partial charge in [0, 0.05) is 27.8 Å². The molecule has 0 amide bonds. The zero-order valence-electron chi connectivity index (χ0n) is 14.0. The first kappa shape index (κ1) is 3.71. The van der Waals surface area contributed by atoms with Gasteiger partial charge in [-0.15, -0.1) is 0 Å². The predicted octanol–water partition coefficient (Wildman–Crippen LogP) is 1.25. The molecule has 1 aromatic carbocycles. The monoisotopic (exact) mass is 184 g/mol. The quantitative estimate of drug-likeness (QED) is 0.748. The Hall–Kier alpha value is -0.860. The van der Waals surface area contributed by atoms with E-state index in [1.54, 1.807) is 30.3 Å². The van der Waals surface area contributed by atoms with Crippen molar-refractivity contribution in [1.29, 1.82) is 0 Å². The Balaban J connectivity index is 2.47. The summed E-state index contributed by atoms with van der Waals surface area (Å²) in [5.41, 5.74) is 0.564. The lowest BCUT2D eigenvalue weighted by Gasteiger charge is -2.14. The average Bonchev–Trinajstić information content (AvgIpc) is 2.41. The molecule has 2 heteroatoms. The second-order valence-corrected chi connectivity index (χ2v) is 2.77. The van der Waals surface area contributed by atoms with Gasteiger partial charge in [0.2, 0.25) is 0 Å². The van der Waals surface area contributed by atoms with Crippen LogP contribution >= 0.6 is 0 Å². The smallest absolute Gasteiger partial charge is 0.0679 e. The van der Waals surface area contributed by atoms with Gasteiger partial charge in [0.25, 0.3) is 0 Å². The van der Waals surface area contributed by atoms with Gasteiger partial charge < -0.3 is 5.11 Å². The van der Waals surface area contributed by atoms with E-state index in [0.29, 0.717) is 10.5 Å². The van der Waals surface area contributed by atoms with E-state index in [-0.39, 0.29) is 6.54 Å². The summed E-state index contributed by atoms with van der Waals surface area (Å²) in [7, 11) is 0. The number of rotatable bonds is 2. The molecule has 1 aliphatic heterocycles. The van der Waals surface area contributed by atoms with Crippen LogP contribution in [0.1, 0.15) is 21.5 Å². The maximum Gasteiger partial charge on any atom is 0.0679 e. The van der Waals surface area contributed by atoms with E-state index in [1.165, 1.54) is 0 Å². The minimum Gasteiger partial charge on any atom is -0.392 e. The highest BCUT2D eigenvalue weighted by Crippen LogP contribution is 2.12. The molecule has 0 saturated carbocycles. The van der Waals surface area contributed by atoms with Gasteiger partial charge in [-0.3, -0.25) is 4.90 Å². The molecule has 1 fully saturated rings. The molecule has 1 N–H and O–H groups in total. The molecule has 70 valence electrons. The summed E-state index contributed by atoms with van der Waals surface area (Å²) in [5, 5.41) is 9.87. The van der Waals surface area contributed by atoms with Gasteiger partial charge in [-0.2, -0.15) is 0 Å². The zero-order chi connectivity index (χ0) is 15.4. The lowest BCUT2D eigenvalue weighted by molar-refractivity contribution is 0.175. The summed E-state index contributed by atoms with van der Waals surface area (Å²) >= 11 is 0. The Kier molecular flexibility index (Phi) is 1.11. The molecule has 0 aromatic heterocycles. The van der Waals surface area contributed by atoms with Crippen molar-refractivity contribution in [2.75, 3.05) is 13.0 Å². The third kappa shape index (κ3) is 2.29. The fourth-order valence-electron chi connectivity index (χ4n) is 1.15. The Morgan fingerprint density at radius 2 is 2.31 bits per heavy atom. The van der Waals surface area contributed by atoms with Crippen molar-refractivity contribution in [3.8, 4) is 0 Å². The number of benzene rings is 1. The van der Waals surface area contributed by atoms with Crippen LogP contribution in [-0.2, 0) is 6.54 Å². The van der Waals surface area contributed by atoms with E-state index >= 15 is 0 Å². The van der Waals surface area contributed by atoms with Crippen molar-refractivity contribution in [3.05, 3.63) is 35.9 Å². The SMILES string of the molecule is [2H]C1([2H])N(Cc2ccccc2)C([2H])([2H])C([2H])(O)C1([2H])[2H]. The molecule has 1 heterocycles. The second kappa shape index (κ2) is 3.90. The van der Waals surface area contributed by atoms with E-state index in [0.717, 1.165) is 0 Å². The third-order valence-electron chi connectivity index (χ3n) is 1.73. The number of likely N-dealkylation sites (tertiary alicyclic amines) is 1. The molecule has 2 nitrogen and oxygen atoms in total. The fraction of sp³-hybridized carbons (Fsp3) is 0.455. The normalized spacial score (nSPS) is 48.8. The van der Waals surface area contributed by atoms with Crippen LogP contribution in [0.15, 0.2) is 30.3 Å². The molecule has 1 atom stereocenters. The van der Waals surface area contributed by atoms with E-state index in [9.17, 15) is 5.11 Å². The molecule has 1 unspecified atom stereocenters. The predicted molar refractivity (Wildman–Crippen MR) is 52.3 cm³/mol. The zero-order valence-corrected chi connectivity index (χ0v) is 6.99. The number of aliphatic hydroxyl groups is 1. The van der Waals surface area contributed by atoms with Gasteiger partial charge in [-0.05, 0) is 11.9 Å². The van der Waals surface area contributed by atoms with Crippen molar-refractivity contribution in [2.24, 2.45) is 0 Å². The van der Waals surface area contributed by atoms with Crippen LogP contribution in [0.25, 0.3) is 0 Å². The van der Waals surface area contributed by atoms with E-state index in [4.69, 9.17) is 9.60 Å². The van der Waals surface area contributed by atoms with E-state index in [1.807, 2.05) is 0 Å². The molecule has 1 saturated heterocycles. The lowest BCUT2D eigenvalue weighted by Crippen LogP contribution is -2.21. The largest absolute Gasteiger partial charge is 0.392 e. The summed E-state index contributed by atoms with van der Waals surface area (Å²) in [6, 6.07) is 8.42. The number of β-amino-alcohol motifs (C(OH)–C–C–N with tert-alkyl or cyclic N) is 1. The second-order valence-electron chi connectivity index (χ2n) is 2.77. The maximum absolute atomic E-state index is 9.87. The van der Waals surface area contributed by atoms with Crippen LogP contribution in [0, 0.1) is 0 Å². The summed E-state index contributed by atoms with van der Waals surface area (Å²) in [6.07, 6.45) is -6.28. The van der Waals surface area contributed by atoms with Crippen LogP contribution in [0.5, 0.6) is 0 Å². The molecule has 0 spiro atoms. The average molecular weight is 184 g/mol. The van der Waals surface area contributed by atoms with Gasteiger partial charge in [0.1, 0.15) is 0 Å². The lowest BCUT2D eigenvalue weighted by atomic mass is 10.2. The van der Waals surface area contributed by atoms with Crippen LogP contribution in [0.2, 0.25) is 0 Å². The van der Waals surface area contributed by atoms with E-state index < -0.39 is 25.4 Å². The van der Waals surface area contributed by atoms with Crippen LogP contribution < -0.4 is 0 Å². The van der Waals surface area contributed by atoms with Crippen molar-refractivity contribution in [2.45, 2.75) is 19.0 Å². The number of hydrogen-bond donors (Lipinski definition) is 1. The highest BCUT2D eigenvalue weighted by molar-refractivity contribution is 5.14. The van der Waals surface area contributed by atoms with Crippen LogP contribution in [0.3, 0.4) is 0 Å². The number of nitrogens with zero attached hydrogens (tertiary/aromatic N) is 1. The molecule has 2 rings (SSSR count). The van der Waals surface area contributed by atoms with Crippen LogP contribution in [0.4, 0.5) is 0 Å². The minimum absolute atomic E-state index is 0.248. The summed E-state index contributed by atoms with van der Waals surface area (Å²) < 4.78 is 54.0. The van der Waals surface area contributed by atoms with Gasteiger partial charge in [0.15, 0.2) is 0 Å².